The van der Waals surface area contributed by atoms with Crippen LogP contribution in [0, 0.1) is 11.5 Å². The number of fused-ring (bicyclic) bond motifs is 3. The van der Waals surface area contributed by atoms with E-state index < -0.39 is 13.7 Å². The Bertz CT molecular complexity index is 1330. The lowest BCUT2D eigenvalue weighted by molar-refractivity contribution is 0.161. The molecular formula is C30H26OSi. The Morgan fingerprint density at radius 3 is 2.03 bits per heavy atom. The lowest BCUT2D eigenvalue weighted by Gasteiger charge is -2.36. The topological polar surface area (TPSA) is 9.23 Å². The molecule has 0 saturated heterocycles. The molecule has 1 aliphatic rings. The highest BCUT2D eigenvalue weighted by atomic mass is 28.3. The lowest BCUT2D eigenvalue weighted by Crippen LogP contribution is -2.34. The molecule has 0 unspecified atom stereocenters. The molecule has 0 radical (unpaired) electrons. The van der Waals surface area contributed by atoms with Crippen LogP contribution >= 0.6 is 0 Å². The van der Waals surface area contributed by atoms with Crippen molar-refractivity contribution in [1.82, 2.24) is 0 Å². The Balaban J connectivity index is 1.62. The zero-order valence-electron chi connectivity index (χ0n) is 18.7. The Labute approximate surface area is 191 Å². The molecule has 4 aromatic rings. The van der Waals surface area contributed by atoms with Gasteiger partial charge in [-0.15, -0.1) is 5.54 Å². The van der Waals surface area contributed by atoms with Crippen LogP contribution in [0.25, 0.3) is 16.8 Å². The van der Waals surface area contributed by atoms with Crippen LogP contribution in [0.2, 0.25) is 19.6 Å². The number of hydrogen-bond acceptors (Lipinski definition) is 1. The maximum absolute atomic E-state index is 6.81. The van der Waals surface area contributed by atoms with Crippen LogP contribution in [-0.4, -0.2) is 8.07 Å². The summed E-state index contributed by atoms with van der Waals surface area (Å²) in [5.41, 5.74) is 7.24. The van der Waals surface area contributed by atoms with E-state index in [-0.39, 0.29) is 0 Å². The molecule has 5 rings (SSSR count). The summed E-state index contributed by atoms with van der Waals surface area (Å²) in [6.07, 6.45) is 4.41. The van der Waals surface area contributed by atoms with Gasteiger partial charge >= 0.3 is 0 Å². The maximum Gasteiger partial charge on any atom is 0.178 e. The van der Waals surface area contributed by atoms with Gasteiger partial charge < -0.3 is 4.74 Å². The normalized spacial score (nSPS) is 14.2. The summed E-state index contributed by atoms with van der Waals surface area (Å²) in [7, 11) is -1.40. The van der Waals surface area contributed by atoms with Gasteiger partial charge in [0.15, 0.2) is 5.60 Å². The number of hydrogen-bond donors (Lipinski definition) is 0. The predicted octanol–water partition coefficient (Wildman–Crippen LogP) is 7.42. The van der Waals surface area contributed by atoms with Gasteiger partial charge in [-0.3, -0.25) is 0 Å². The van der Waals surface area contributed by atoms with E-state index in [1.165, 1.54) is 10.8 Å². The van der Waals surface area contributed by atoms with Crippen molar-refractivity contribution in [1.29, 1.82) is 0 Å². The highest BCUT2D eigenvalue weighted by Crippen LogP contribution is 2.44. The van der Waals surface area contributed by atoms with Gasteiger partial charge in [-0.1, -0.05) is 98.4 Å². The molecule has 0 spiro atoms. The number of benzene rings is 4. The van der Waals surface area contributed by atoms with Crippen LogP contribution < -0.4 is 4.74 Å². The zero-order valence-corrected chi connectivity index (χ0v) is 19.7. The van der Waals surface area contributed by atoms with E-state index >= 15 is 0 Å². The summed E-state index contributed by atoms with van der Waals surface area (Å²) in [4.78, 5) is 0. The Hall–Kier alpha value is -3.54. The molecule has 156 valence electrons. The molecule has 32 heavy (non-hydrogen) atoms. The van der Waals surface area contributed by atoms with Crippen molar-refractivity contribution in [2.45, 2.75) is 25.2 Å². The second-order valence-electron chi connectivity index (χ2n) is 9.32. The quantitative estimate of drug-likeness (QED) is 0.237. The third-order valence-corrected chi connectivity index (χ3v) is 6.64. The first kappa shape index (κ1) is 20.4. The molecule has 0 aliphatic carbocycles. The van der Waals surface area contributed by atoms with E-state index in [9.17, 15) is 0 Å². The second kappa shape index (κ2) is 7.86. The van der Waals surface area contributed by atoms with Crippen LogP contribution in [0.5, 0.6) is 5.75 Å². The average Bonchev–Trinajstić information content (AvgIpc) is 2.82. The molecule has 2 heteroatoms. The van der Waals surface area contributed by atoms with Gasteiger partial charge in [0, 0.05) is 22.3 Å². The Kier molecular flexibility index (Phi) is 5.00. The third-order valence-electron chi connectivity index (χ3n) is 5.76. The Morgan fingerprint density at radius 1 is 0.750 bits per heavy atom. The number of rotatable bonds is 2. The summed E-state index contributed by atoms with van der Waals surface area (Å²) in [5.74, 6) is 4.27. The zero-order chi connectivity index (χ0) is 22.2. The van der Waals surface area contributed by atoms with Gasteiger partial charge in [-0.25, -0.2) is 0 Å². The van der Waals surface area contributed by atoms with Crippen LogP contribution in [0.1, 0.15) is 22.3 Å². The maximum atomic E-state index is 6.81. The largest absolute Gasteiger partial charge is 0.473 e. The van der Waals surface area contributed by atoms with E-state index in [2.05, 4.69) is 122 Å². The standard InChI is InChI=1S/C30H26OSi/c1-32(2,3)21-19-23-14-16-27-24(22-23)15-17-29-28(27)18-20-30(31-29,25-10-6-4-7-11-25)26-12-8-5-9-13-26/h4-18,20,22H,1-3H3. The van der Waals surface area contributed by atoms with Crippen LogP contribution in [-0.2, 0) is 5.60 Å². The first-order valence-electron chi connectivity index (χ1n) is 11.0. The van der Waals surface area contributed by atoms with Crippen molar-refractivity contribution in [2.24, 2.45) is 0 Å². The summed E-state index contributed by atoms with van der Waals surface area (Å²) in [6.45, 7) is 6.81. The lowest BCUT2D eigenvalue weighted by atomic mass is 9.83. The minimum Gasteiger partial charge on any atom is -0.473 e. The fourth-order valence-corrected chi connectivity index (χ4v) is 4.71. The van der Waals surface area contributed by atoms with E-state index in [0.717, 1.165) is 28.0 Å². The van der Waals surface area contributed by atoms with E-state index in [0.29, 0.717) is 0 Å². The SMILES string of the molecule is C[Si](C)(C)C#Cc1ccc2c3c(ccc2c1)OC(c1ccccc1)(c1ccccc1)C=C3. The molecule has 4 aromatic carbocycles. The molecule has 0 N–H and O–H groups in total. The Morgan fingerprint density at radius 2 is 1.41 bits per heavy atom. The fourth-order valence-electron chi connectivity index (χ4n) is 4.19. The van der Waals surface area contributed by atoms with E-state index in [1.807, 2.05) is 12.1 Å². The monoisotopic (exact) mass is 430 g/mol. The van der Waals surface area contributed by atoms with Crippen LogP contribution in [0.3, 0.4) is 0 Å². The van der Waals surface area contributed by atoms with Gasteiger partial charge in [0.25, 0.3) is 0 Å². The van der Waals surface area contributed by atoms with Gasteiger partial charge in [-0.2, -0.15) is 0 Å². The third kappa shape index (κ3) is 3.77. The summed E-state index contributed by atoms with van der Waals surface area (Å²) in [6, 6.07) is 31.6. The molecule has 0 bridgehead atoms. The molecule has 0 saturated carbocycles. The second-order valence-corrected chi connectivity index (χ2v) is 14.1. The molecular weight excluding hydrogens is 404 g/mol. The number of ether oxygens (including phenoxy) is 1. The average molecular weight is 431 g/mol. The summed E-state index contributed by atoms with van der Waals surface area (Å²) >= 11 is 0. The minimum atomic E-state index is -1.40. The van der Waals surface area contributed by atoms with Gasteiger partial charge in [0.05, 0.1) is 0 Å². The molecule has 1 heterocycles. The van der Waals surface area contributed by atoms with Crippen LogP contribution in [0.4, 0.5) is 0 Å². The van der Waals surface area contributed by atoms with Crippen molar-refractivity contribution >= 4 is 24.9 Å². The van der Waals surface area contributed by atoms with Gasteiger partial charge in [-0.05, 0) is 41.1 Å². The fraction of sp³-hybridized carbons (Fsp3) is 0.133. The van der Waals surface area contributed by atoms with Crippen molar-refractivity contribution in [3.05, 3.63) is 119 Å². The molecule has 0 aromatic heterocycles. The molecule has 0 fully saturated rings. The minimum absolute atomic E-state index is 0.647. The first-order chi connectivity index (χ1) is 15.4. The van der Waals surface area contributed by atoms with Crippen molar-refractivity contribution in [3.8, 4) is 17.2 Å². The first-order valence-corrected chi connectivity index (χ1v) is 14.5. The highest BCUT2D eigenvalue weighted by Gasteiger charge is 2.37. The van der Waals surface area contributed by atoms with Crippen LogP contribution in [0.15, 0.2) is 97.1 Å². The van der Waals surface area contributed by atoms with Crippen molar-refractivity contribution in [2.75, 3.05) is 0 Å². The van der Waals surface area contributed by atoms with E-state index in [1.54, 1.807) is 0 Å². The molecule has 0 atom stereocenters. The van der Waals surface area contributed by atoms with Gasteiger partial charge in [0.1, 0.15) is 13.8 Å². The highest BCUT2D eigenvalue weighted by molar-refractivity contribution is 6.83. The molecule has 1 aliphatic heterocycles. The summed E-state index contributed by atoms with van der Waals surface area (Å²) < 4.78 is 6.81. The predicted molar refractivity (Wildman–Crippen MR) is 137 cm³/mol. The van der Waals surface area contributed by atoms with E-state index in [4.69, 9.17) is 4.74 Å². The molecule has 0 amide bonds. The van der Waals surface area contributed by atoms with Gasteiger partial charge in [0.2, 0.25) is 0 Å². The van der Waals surface area contributed by atoms with Crippen molar-refractivity contribution < 1.29 is 4.74 Å². The molecule has 1 nitrogen and oxygen atoms in total. The van der Waals surface area contributed by atoms with Crippen molar-refractivity contribution in [3.63, 3.8) is 0 Å². The summed E-state index contributed by atoms with van der Waals surface area (Å²) in [5, 5.41) is 2.37. The smallest absolute Gasteiger partial charge is 0.178 e.